The largest absolute Gasteiger partial charge is 0.411 e. The SMILES string of the molecule is Cc1cc(C)n(-c2ccc(NC(=O)COCC(F)(F)F)cn2)n1. The fourth-order valence-corrected chi connectivity index (χ4v) is 1.90. The van der Waals surface area contributed by atoms with E-state index in [9.17, 15) is 18.0 Å². The molecule has 0 spiro atoms. The highest BCUT2D eigenvalue weighted by Crippen LogP contribution is 2.15. The molecular weight excluding hydrogens is 313 g/mol. The number of nitrogens with zero attached hydrogens (tertiary/aromatic N) is 3. The lowest BCUT2D eigenvalue weighted by molar-refractivity contribution is -0.174. The molecule has 2 aromatic heterocycles. The average Bonchev–Trinajstić information content (AvgIpc) is 2.77. The van der Waals surface area contributed by atoms with Crippen molar-refractivity contribution in [1.29, 1.82) is 0 Å². The maximum Gasteiger partial charge on any atom is 0.411 e. The molecule has 0 aliphatic rings. The molecule has 2 rings (SSSR count). The smallest absolute Gasteiger partial charge is 0.362 e. The minimum absolute atomic E-state index is 0.357. The number of pyridine rings is 1. The zero-order valence-electron chi connectivity index (χ0n) is 12.5. The molecule has 0 aliphatic heterocycles. The molecule has 0 unspecified atom stereocenters. The number of alkyl halides is 3. The van der Waals surface area contributed by atoms with Crippen molar-refractivity contribution in [2.24, 2.45) is 0 Å². The van der Waals surface area contributed by atoms with Crippen molar-refractivity contribution in [3.8, 4) is 5.82 Å². The van der Waals surface area contributed by atoms with Gasteiger partial charge in [-0.1, -0.05) is 0 Å². The van der Waals surface area contributed by atoms with Crippen molar-refractivity contribution < 1.29 is 22.7 Å². The van der Waals surface area contributed by atoms with Gasteiger partial charge in [0.2, 0.25) is 5.91 Å². The normalized spacial score (nSPS) is 11.5. The number of nitrogens with one attached hydrogen (secondary N) is 1. The van der Waals surface area contributed by atoms with Crippen LogP contribution in [0.25, 0.3) is 5.82 Å². The highest BCUT2D eigenvalue weighted by molar-refractivity contribution is 5.91. The number of aryl methyl sites for hydroxylation is 2. The molecule has 9 heteroatoms. The number of carbonyl (C=O) groups excluding carboxylic acids is 1. The maximum atomic E-state index is 11.9. The van der Waals surface area contributed by atoms with Crippen molar-refractivity contribution in [2.45, 2.75) is 20.0 Å². The summed E-state index contributed by atoms with van der Waals surface area (Å²) in [7, 11) is 0. The number of anilines is 1. The molecule has 6 nitrogen and oxygen atoms in total. The highest BCUT2D eigenvalue weighted by atomic mass is 19.4. The summed E-state index contributed by atoms with van der Waals surface area (Å²) in [6.45, 7) is 1.60. The van der Waals surface area contributed by atoms with Crippen LogP contribution in [0.3, 0.4) is 0 Å². The van der Waals surface area contributed by atoms with Crippen LogP contribution in [-0.2, 0) is 9.53 Å². The zero-order valence-corrected chi connectivity index (χ0v) is 12.5. The van der Waals surface area contributed by atoms with Gasteiger partial charge >= 0.3 is 6.18 Å². The Kier molecular flexibility index (Phi) is 4.99. The number of ether oxygens (including phenoxy) is 1. The Balaban J connectivity index is 1.92. The van der Waals surface area contributed by atoms with Crippen LogP contribution in [0.4, 0.5) is 18.9 Å². The molecule has 0 saturated carbocycles. The first-order valence-corrected chi connectivity index (χ1v) is 6.68. The van der Waals surface area contributed by atoms with E-state index in [1.54, 1.807) is 16.8 Å². The van der Waals surface area contributed by atoms with Gasteiger partial charge in [-0.3, -0.25) is 4.79 Å². The Morgan fingerprint density at radius 3 is 2.61 bits per heavy atom. The lowest BCUT2D eigenvalue weighted by Crippen LogP contribution is -2.24. The van der Waals surface area contributed by atoms with Crippen molar-refractivity contribution in [3.63, 3.8) is 0 Å². The molecule has 2 aromatic rings. The van der Waals surface area contributed by atoms with E-state index in [-0.39, 0.29) is 0 Å². The second-order valence-corrected chi connectivity index (χ2v) is 4.90. The lowest BCUT2D eigenvalue weighted by Gasteiger charge is -2.09. The molecule has 1 N–H and O–H groups in total. The number of halogens is 3. The van der Waals surface area contributed by atoms with E-state index in [0.29, 0.717) is 11.5 Å². The third-order valence-electron chi connectivity index (χ3n) is 2.76. The molecule has 0 atom stereocenters. The second-order valence-electron chi connectivity index (χ2n) is 4.90. The Morgan fingerprint density at radius 2 is 2.09 bits per heavy atom. The van der Waals surface area contributed by atoms with E-state index < -0.39 is 25.3 Å². The molecule has 2 heterocycles. The number of amides is 1. The number of carbonyl (C=O) groups is 1. The average molecular weight is 328 g/mol. The van der Waals surface area contributed by atoms with Crippen LogP contribution in [0.2, 0.25) is 0 Å². The first kappa shape index (κ1) is 16.9. The quantitative estimate of drug-likeness (QED) is 0.915. The zero-order chi connectivity index (χ0) is 17.0. The van der Waals surface area contributed by atoms with Gasteiger partial charge in [0, 0.05) is 5.69 Å². The van der Waals surface area contributed by atoms with Gasteiger partial charge in [-0.15, -0.1) is 0 Å². The Morgan fingerprint density at radius 1 is 1.35 bits per heavy atom. The van der Waals surface area contributed by atoms with Crippen LogP contribution in [0.15, 0.2) is 24.4 Å². The molecule has 0 radical (unpaired) electrons. The fourth-order valence-electron chi connectivity index (χ4n) is 1.90. The van der Waals surface area contributed by atoms with E-state index >= 15 is 0 Å². The predicted molar refractivity (Wildman–Crippen MR) is 76.3 cm³/mol. The van der Waals surface area contributed by atoms with Gasteiger partial charge in [0.25, 0.3) is 0 Å². The Bertz CT molecular complexity index is 680. The number of hydrogen-bond donors (Lipinski definition) is 1. The molecule has 0 aliphatic carbocycles. The number of hydrogen-bond acceptors (Lipinski definition) is 4. The minimum Gasteiger partial charge on any atom is -0.362 e. The van der Waals surface area contributed by atoms with Gasteiger partial charge in [0.1, 0.15) is 13.2 Å². The summed E-state index contributed by atoms with van der Waals surface area (Å²) in [5.41, 5.74) is 2.12. The van der Waals surface area contributed by atoms with E-state index in [1.807, 2.05) is 19.9 Å². The standard InChI is InChI=1S/C14H15F3N4O2/c1-9-5-10(2)21(20-9)12-4-3-11(6-18-12)19-13(22)7-23-8-14(15,16)17/h3-6H,7-8H2,1-2H3,(H,19,22). The highest BCUT2D eigenvalue weighted by Gasteiger charge is 2.27. The molecule has 124 valence electrons. The first-order chi connectivity index (χ1) is 10.7. The van der Waals surface area contributed by atoms with Gasteiger partial charge < -0.3 is 10.1 Å². The van der Waals surface area contributed by atoms with Crippen LogP contribution in [-0.4, -0.2) is 40.1 Å². The summed E-state index contributed by atoms with van der Waals surface area (Å²) in [6.07, 6.45) is -3.06. The summed E-state index contributed by atoms with van der Waals surface area (Å²) in [5, 5.41) is 6.68. The molecule has 0 bridgehead atoms. The summed E-state index contributed by atoms with van der Waals surface area (Å²) in [4.78, 5) is 15.6. The van der Waals surface area contributed by atoms with Crippen LogP contribution in [0, 0.1) is 13.8 Å². The number of aromatic nitrogens is 3. The molecule has 0 saturated heterocycles. The van der Waals surface area contributed by atoms with Crippen molar-refractivity contribution >= 4 is 11.6 Å². The van der Waals surface area contributed by atoms with E-state index in [2.05, 4.69) is 20.1 Å². The van der Waals surface area contributed by atoms with Crippen LogP contribution < -0.4 is 5.32 Å². The summed E-state index contributed by atoms with van der Waals surface area (Å²) < 4.78 is 41.6. The third-order valence-corrected chi connectivity index (χ3v) is 2.76. The maximum absolute atomic E-state index is 11.9. The second kappa shape index (κ2) is 6.78. The summed E-state index contributed by atoms with van der Waals surface area (Å²) in [5.74, 6) is -0.114. The topological polar surface area (TPSA) is 69.0 Å². The number of rotatable bonds is 5. The Hall–Kier alpha value is -2.42. The van der Waals surface area contributed by atoms with Crippen molar-refractivity contribution in [3.05, 3.63) is 35.8 Å². The molecule has 1 amide bonds. The molecule has 23 heavy (non-hydrogen) atoms. The molecular formula is C14H15F3N4O2. The lowest BCUT2D eigenvalue weighted by atomic mass is 10.3. The van der Waals surface area contributed by atoms with Crippen LogP contribution in [0.1, 0.15) is 11.4 Å². The molecule has 0 aromatic carbocycles. The molecule has 0 fully saturated rings. The van der Waals surface area contributed by atoms with Crippen LogP contribution in [0.5, 0.6) is 0 Å². The van der Waals surface area contributed by atoms with Gasteiger partial charge in [-0.05, 0) is 32.0 Å². The van der Waals surface area contributed by atoms with Crippen molar-refractivity contribution in [2.75, 3.05) is 18.5 Å². The van der Waals surface area contributed by atoms with Gasteiger partial charge in [-0.25, -0.2) is 9.67 Å². The van der Waals surface area contributed by atoms with Gasteiger partial charge in [0.15, 0.2) is 5.82 Å². The summed E-state index contributed by atoms with van der Waals surface area (Å²) in [6, 6.07) is 5.13. The van der Waals surface area contributed by atoms with Gasteiger partial charge in [-0.2, -0.15) is 18.3 Å². The first-order valence-electron chi connectivity index (χ1n) is 6.68. The van der Waals surface area contributed by atoms with Gasteiger partial charge in [0.05, 0.1) is 17.6 Å². The Labute approximate surface area is 130 Å². The van der Waals surface area contributed by atoms with Crippen LogP contribution >= 0.6 is 0 Å². The fraction of sp³-hybridized carbons (Fsp3) is 0.357. The predicted octanol–water partition coefficient (Wildman–Crippen LogP) is 2.40. The van der Waals surface area contributed by atoms with E-state index in [1.165, 1.54) is 6.20 Å². The van der Waals surface area contributed by atoms with E-state index in [4.69, 9.17) is 0 Å². The van der Waals surface area contributed by atoms with E-state index in [0.717, 1.165) is 11.4 Å². The summed E-state index contributed by atoms with van der Waals surface area (Å²) >= 11 is 0. The third kappa shape index (κ3) is 5.06. The monoisotopic (exact) mass is 328 g/mol. The van der Waals surface area contributed by atoms with Crippen molar-refractivity contribution in [1.82, 2.24) is 14.8 Å². The minimum atomic E-state index is -4.46.